The minimum Gasteiger partial charge on any atom is -0.300 e. The Morgan fingerprint density at radius 2 is 1.59 bits per heavy atom. The topological polar surface area (TPSA) is 23.6 Å². The number of hydrogen-bond donors (Lipinski definition) is 0. The van der Waals surface area contributed by atoms with E-state index in [4.69, 9.17) is 11.6 Å². The fraction of sp³-hybridized carbons (Fsp3) is 0.348. The van der Waals surface area contributed by atoms with Gasteiger partial charge in [-0.05, 0) is 36.6 Å². The van der Waals surface area contributed by atoms with E-state index in [1.807, 2.05) is 36.4 Å². The predicted molar refractivity (Wildman–Crippen MR) is 114 cm³/mol. The van der Waals surface area contributed by atoms with Gasteiger partial charge in [0, 0.05) is 49.9 Å². The Hall–Kier alpha value is -1.94. The molecule has 1 fully saturated rings. The maximum Gasteiger partial charge on any atom is 0.159 e. The summed E-state index contributed by atoms with van der Waals surface area (Å²) in [7, 11) is 0. The van der Waals surface area contributed by atoms with E-state index < -0.39 is 0 Å². The Morgan fingerprint density at radius 1 is 0.963 bits per heavy atom. The van der Waals surface area contributed by atoms with Gasteiger partial charge in [-0.15, -0.1) is 0 Å². The molecule has 1 aliphatic heterocycles. The van der Waals surface area contributed by atoms with Gasteiger partial charge in [0.05, 0.1) is 0 Å². The van der Waals surface area contributed by atoms with Crippen LogP contribution in [0.5, 0.6) is 0 Å². The van der Waals surface area contributed by atoms with E-state index in [0.29, 0.717) is 0 Å². The summed E-state index contributed by atoms with van der Waals surface area (Å²) in [5.74, 6) is 0.128. The quantitative estimate of drug-likeness (QED) is 0.662. The van der Waals surface area contributed by atoms with Gasteiger partial charge >= 0.3 is 0 Å². The molecule has 0 N–H and O–H groups in total. The lowest BCUT2D eigenvalue weighted by atomic mass is 10.1. The number of carbonyl (C=O) groups excluding carboxylic acids is 1. The summed E-state index contributed by atoms with van der Waals surface area (Å²) >= 11 is 5.91. The zero-order valence-electron chi connectivity index (χ0n) is 15.9. The van der Waals surface area contributed by atoms with Crippen LogP contribution in [0.3, 0.4) is 0 Å². The minimum atomic E-state index is 0.128. The van der Waals surface area contributed by atoms with E-state index in [0.717, 1.165) is 56.3 Å². The van der Waals surface area contributed by atoms with Crippen molar-refractivity contribution >= 4 is 23.5 Å². The zero-order chi connectivity index (χ0) is 19.1. The van der Waals surface area contributed by atoms with Gasteiger partial charge < -0.3 is 4.90 Å². The minimum absolute atomic E-state index is 0.128. The molecule has 0 spiro atoms. The lowest BCUT2D eigenvalue weighted by molar-refractivity contribution is 0.101. The van der Waals surface area contributed by atoms with Crippen LogP contribution in [0.4, 0.5) is 0 Å². The maximum absolute atomic E-state index is 11.3. The molecule has 0 bridgehead atoms. The molecule has 0 radical (unpaired) electrons. The lowest BCUT2D eigenvalue weighted by Crippen LogP contribution is -2.46. The number of halogens is 1. The molecular weight excluding hydrogens is 356 g/mol. The van der Waals surface area contributed by atoms with Gasteiger partial charge in [0.25, 0.3) is 0 Å². The summed E-state index contributed by atoms with van der Waals surface area (Å²) in [4.78, 5) is 16.4. The summed E-state index contributed by atoms with van der Waals surface area (Å²) in [5.41, 5.74) is 3.28. The highest BCUT2D eigenvalue weighted by Crippen LogP contribution is 2.11. The molecule has 27 heavy (non-hydrogen) atoms. The van der Waals surface area contributed by atoms with Crippen molar-refractivity contribution in [3.63, 3.8) is 0 Å². The van der Waals surface area contributed by atoms with Crippen LogP contribution in [0, 0.1) is 0 Å². The Balaban J connectivity index is 1.37. The van der Waals surface area contributed by atoms with Gasteiger partial charge in [-0.2, -0.15) is 0 Å². The molecule has 1 heterocycles. The van der Waals surface area contributed by atoms with E-state index >= 15 is 0 Å². The molecule has 2 aromatic carbocycles. The number of rotatable bonds is 7. The van der Waals surface area contributed by atoms with Crippen molar-refractivity contribution in [3.8, 4) is 0 Å². The third-order valence-electron chi connectivity index (χ3n) is 5.09. The number of hydrogen-bond acceptors (Lipinski definition) is 3. The molecule has 2 aromatic rings. The number of Topliss-reactive ketones (excluding diaryl/α,β-unsaturated/α-hetero) is 1. The Morgan fingerprint density at radius 3 is 2.22 bits per heavy atom. The fourth-order valence-corrected chi connectivity index (χ4v) is 3.43. The molecular formula is C23H27ClN2O. The third kappa shape index (κ3) is 6.31. The average molecular weight is 383 g/mol. The maximum atomic E-state index is 11.3. The van der Waals surface area contributed by atoms with Crippen LogP contribution in [-0.2, 0) is 6.42 Å². The molecule has 0 saturated carbocycles. The SMILES string of the molecule is CC(=O)c1ccc(CCN2CCN(C/C=C/c3ccc(Cl)cc3)CC2)cc1. The highest BCUT2D eigenvalue weighted by atomic mass is 35.5. The Bertz CT molecular complexity index is 760. The van der Waals surface area contributed by atoms with Gasteiger partial charge in [0.2, 0.25) is 0 Å². The number of nitrogens with zero attached hydrogens (tertiary/aromatic N) is 2. The van der Waals surface area contributed by atoms with E-state index in [1.165, 1.54) is 11.1 Å². The highest BCUT2D eigenvalue weighted by Gasteiger charge is 2.15. The molecule has 0 unspecified atom stereocenters. The summed E-state index contributed by atoms with van der Waals surface area (Å²) in [5, 5.41) is 0.776. The molecule has 3 nitrogen and oxygen atoms in total. The highest BCUT2D eigenvalue weighted by molar-refractivity contribution is 6.30. The summed E-state index contributed by atoms with van der Waals surface area (Å²) in [6, 6.07) is 16.0. The predicted octanol–water partition coefficient (Wildman–Crippen LogP) is 4.42. The number of ketones is 1. The number of benzene rings is 2. The van der Waals surface area contributed by atoms with Gasteiger partial charge in [0.15, 0.2) is 5.78 Å². The summed E-state index contributed by atoms with van der Waals surface area (Å²) < 4.78 is 0. The van der Waals surface area contributed by atoms with Crippen LogP contribution in [0.1, 0.15) is 28.4 Å². The van der Waals surface area contributed by atoms with Crippen molar-refractivity contribution in [1.29, 1.82) is 0 Å². The normalized spacial score (nSPS) is 16.1. The van der Waals surface area contributed by atoms with Gasteiger partial charge in [-0.1, -0.05) is 60.2 Å². The molecule has 1 saturated heterocycles. The number of piperazine rings is 1. The first-order valence-electron chi connectivity index (χ1n) is 9.57. The molecule has 0 aliphatic carbocycles. The monoisotopic (exact) mass is 382 g/mol. The van der Waals surface area contributed by atoms with E-state index in [-0.39, 0.29) is 5.78 Å². The second-order valence-electron chi connectivity index (χ2n) is 7.10. The van der Waals surface area contributed by atoms with Crippen LogP contribution in [0.2, 0.25) is 5.02 Å². The molecule has 3 rings (SSSR count). The molecule has 0 atom stereocenters. The fourth-order valence-electron chi connectivity index (χ4n) is 3.30. The average Bonchev–Trinajstić information content (AvgIpc) is 2.69. The molecule has 0 amide bonds. The van der Waals surface area contributed by atoms with Gasteiger partial charge in [-0.25, -0.2) is 0 Å². The standard InChI is InChI=1S/C23H27ClN2O/c1-19(27)22-8-4-21(5-9-22)12-14-26-17-15-25(16-18-26)13-2-3-20-6-10-23(24)11-7-20/h2-11H,12-18H2,1H3/b3-2+. The Kier molecular flexibility index (Phi) is 7.22. The van der Waals surface area contributed by atoms with E-state index in [1.54, 1.807) is 6.92 Å². The van der Waals surface area contributed by atoms with Crippen molar-refractivity contribution in [2.24, 2.45) is 0 Å². The number of carbonyl (C=O) groups is 1. The largest absolute Gasteiger partial charge is 0.300 e. The van der Waals surface area contributed by atoms with Crippen LogP contribution < -0.4 is 0 Å². The first kappa shape index (κ1) is 19.8. The molecule has 142 valence electrons. The second-order valence-corrected chi connectivity index (χ2v) is 7.54. The third-order valence-corrected chi connectivity index (χ3v) is 5.34. The van der Waals surface area contributed by atoms with Crippen LogP contribution >= 0.6 is 11.6 Å². The smallest absolute Gasteiger partial charge is 0.159 e. The van der Waals surface area contributed by atoms with Gasteiger partial charge in [-0.3, -0.25) is 9.69 Å². The second kappa shape index (κ2) is 9.84. The van der Waals surface area contributed by atoms with Crippen molar-refractivity contribution < 1.29 is 4.79 Å². The first-order valence-corrected chi connectivity index (χ1v) is 9.94. The van der Waals surface area contributed by atoms with Crippen LogP contribution in [0.15, 0.2) is 54.6 Å². The van der Waals surface area contributed by atoms with Crippen molar-refractivity contribution in [1.82, 2.24) is 9.80 Å². The van der Waals surface area contributed by atoms with Crippen LogP contribution in [-0.4, -0.2) is 54.9 Å². The summed E-state index contributed by atoms with van der Waals surface area (Å²) in [6.07, 6.45) is 5.43. The molecule has 1 aliphatic rings. The summed E-state index contributed by atoms with van der Waals surface area (Å²) in [6.45, 7) is 8.11. The zero-order valence-corrected chi connectivity index (χ0v) is 16.7. The van der Waals surface area contributed by atoms with Crippen molar-refractivity contribution in [2.45, 2.75) is 13.3 Å². The van der Waals surface area contributed by atoms with Crippen LogP contribution in [0.25, 0.3) is 6.08 Å². The van der Waals surface area contributed by atoms with E-state index in [9.17, 15) is 4.79 Å². The molecule has 4 heteroatoms. The van der Waals surface area contributed by atoms with E-state index in [2.05, 4.69) is 34.1 Å². The lowest BCUT2D eigenvalue weighted by Gasteiger charge is -2.34. The van der Waals surface area contributed by atoms with Crippen molar-refractivity contribution in [2.75, 3.05) is 39.3 Å². The Labute approximate surface area is 167 Å². The first-order chi connectivity index (χ1) is 13.1. The van der Waals surface area contributed by atoms with Crippen molar-refractivity contribution in [3.05, 3.63) is 76.3 Å². The van der Waals surface area contributed by atoms with Gasteiger partial charge in [0.1, 0.15) is 0 Å². The molecule has 0 aromatic heterocycles.